The first-order chi connectivity index (χ1) is 11.4. The maximum absolute atomic E-state index is 14.5. The first-order valence-corrected chi connectivity index (χ1v) is 6.43. The van der Waals surface area contributed by atoms with Crippen LogP contribution in [-0.4, -0.2) is 40.4 Å². The summed E-state index contributed by atoms with van der Waals surface area (Å²) in [6, 6.07) is 1.82. The summed E-state index contributed by atoms with van der Waals surface area (Å²) in [6.07, 6.45) is -4.35. The third-order valence-electron chi connectivity index (χ3n) is 4.07. The fourth-order valence-corrected chi connectivity index (χ4v) is 2.50. The molecule has 148 valence electrons. The second kappa shape index (κ2) is 5.20. The van der Waals surface area contributed by atoms with Gasteiger partial charge in [0.2, 0.25) is 0 Å². The highest BCUT2D eigenvalue weighted by Crippen LogP contribution is 2.71. The van der Waals surface area contributed by atoms with Crippen LogP contribution in [0, 0.1) is 5.82 Å². The molecule has 0 radical (unpaired) electrons. The van der Waals surface area contributed by atoms with Crippen molar-refractivity contribution >= 4 is 0 Å². The van der Waals surface area contributed by atoms with Gasteiger partial charge in [0, 0.05) is 5.56 Å². The van der Waals surface area contributed by atoms with E-state index >= 15 is 0 Å². The molecule has 1 saturated carbocycles. The van der Waals surface area contributed by atoms with Gasteiger partial charge < -0.3 is 5.11 Å². The summed E-state index contributed by atoms with van der Waals surface area (Å²) < 4.78 is 162. The molecule has 1 nitrogen and oxygen atoms in total. The molecular weight excluding hydrogens is 400 g/mol. The first kappa shape index (κ1) is 20.6. The minimum absolute atomic E-state index is 0.149. The van der Waals surface area contributed by atoms with Crippen LogP contribution in [0.5, 0.6) is 0 Å². The normalized spacial score (nSPS) is 28.3. The van der Waals surface area contributed by atoms with E-state index in [2.05, 4.69) is 0 Å². The second-order valence-electron chi connectivity index (χ2n) is 5.51. The molecule has 13 heteroatoms. The Labute approximate surface area is 136 Å². The Morgan fingerprint density at radius 3 is 1.35 bits per heavy atom. The third kappa shape index (κ3) is 1.89. The van der Waals surface area contributed by atoms with Crippen LogP contribution in [-0.2, 0) is 0 Å². The van der Waals surface area contributed by atoms with Crippen LogP contribution in [0.25, 0.3) is 0 Å². The zero-order chi connectivity index (χ0) is 20.6. The summed E-state index contributed by atoms with van der Waals surface area (Å²) >= 11 is 0. The van der Waals surface area contributed by atoms with Gasteiger partial charge in [-0.3, -0.25) is 0 Å². The Kier molecular flexibility index (Phi) is 4.13. The van der Waals surface area contributed by atoms with E-state index in [0.29, 0.717) is 6.07 Å². The minimum Gasteiger partial charge on any atom is -0.384 e. The van der Waals surface area contributed by atoms with Gasteiger partial charge in [0.15, 0.2) is 0 Å². The Morgan fingerprint density at radius 2 is 0.962 bits per heavy atom. The molecule has 0 bridgehead atoms. The Balaban J connectivity index is 2.86. The molecule has 1 aromatic carbocycles. The maximum Gasteiger partial charge on any atom is 0.384 e. The minimum atomic E-state index is -7.39. The van der Waals surface area contributed by atoms with Crippen molar-refractivity contribution in [1.82, 2.24) is 0 Å². The number of rotatable bonds is 2. The molecule has 0 amide bonds. The predicted octanol–water partition coefficient (Wildman–Crippen LogP) is 4.76. The first-order valence-electron chi connectivity index (χ1n) is 6.43. The number of alkyl halides is 11. The highest BCUT2D eigenvalue weighted by molar-refractivity contribution is 5.33. The van der Waals surface area contributed by atoms with Crippen molar-refractivity contribution in [2.75, 3.05) is 0 Å². The predicted molar refractivity (Wildman–Crippen MR) is 59.9 cm³/mol. The highest BCUT2D eigenvalue weighted by Gasteiger charge is 3.02. The fourth-order valence-electron chi connectivity index (χ4n) is 2.50. The molecule has 1 unspecified atom stereocenters. The summed E-state index contributed by atoms with van der Waals surface area (Å²) in [5.74, 6) is -38.5. The van der Waals surface area contributed by atoms with Crippen LogP contribution in [0.3, 0.4) is 0 Å². The topological polar surface area (TPSA) is 20.2 Å². The van der Waals surface area contributed by atoms with Gasteiger partial charge in [-0.05, 0) is 6.07 Å². The number of aliphatic hydroxyl groups excluding tert-OH is 1. The molecule has 1 aliphatic carbocycles. The molecule has 2 rings (SSSR count). The van der Waals surface area contributed by atoms with Crippen molar-refractivity contribution in [3.05, 3.63) is 35.6 Å². The van der Waals surface area contributed by atoms with Crippen LogP contribution < -0.4 is 0 Å². The third-order valence-corrected chi connectivity index (χ3v) is 4.07. The standard InChI is InChI=1S/C13H6F12O/c14-6-4-2-1-3-5(6)7(26)8(15)9(16,17)11(20,21)13(24,25)12(22,23)10(8,18)19/h1-4,7,26H. The van der Waals surface area contributed by atoms with E-state index in [0.717, 1.165) is 6.07 Å². The molecule has 0 spiro atoms. The molecule has 0 aromatic heterocycles. The fraction of sp³-hybridized carbons (Fsp3) is 0.538. The van der Waals surface area contributed by atoms with E-state index in [-0.39, 0.29) is 12.1 Å². The number of benzene rings is 1. The van der Waals surface area contributed by atoms with Crippen molar-refractivity contribution in [2.24, 2.45) is 0 Å². The zero-order valence-electron chi connectivity index (χ0n) is 11.9. The van der Waals surface area contributed by atoms with E-state index in [9.17, 15) is 57.8 Å². The Bertz CT molecular complexity index is 683. The van der Waals surface area contributed by atoms with E-state index < -0.39 is 52.8 Å². The van der Waals surface area contributed by atoms with Crippen LogP contribution in [0.4, 0.5) is 52.7 Å². The van der Waals surface area contributed by atoms with E-state index in [1.165, 1.54) is 0 Å². The van der Waals surface area contributed by atoms with Crippen LogP contribution in [0.15, 0.2) is 24.3 Å². The summed E-state index contributed by atoms with van der Waals surface area (Å²) in [7, 11) is 0. The van der Waals surface area contributed by atoms with Crippen LogP contribution in [0.1, 0.15) is 11.7 Å². The van der Waals surface area contributed by atoms with Crippen molar-refractivity contribution in [3.8, 4) is 0 Å². The summed E-state index contributed by atoms with van der Waals surface area (Å²) in [5.41, 5.74) is -8.53. The molecule has 1 aromatic rings. The molecule has 0 heterocycles. The van der Waals surface area contributed by atoms with Gasteiger partial charge >= 0.3 is 29.6 Å². The quantitative estimate of drug-likeness (QED) is 0.703. The smallest absolute Gasteiger partial charge is 0.384 e. The number of aliphatic hydroxyl groups is 1. The number of hydrogen-bond donors (Lipinski definition) is 1. The maximum atomic E-state index is 14.5. The molecule has 1 aliphatic rings. The van der Waals surface area contributed by atoms with Gasteiger partial charge in [-0.15, -0.1) is 0 Å². The second-order valence-corrected chi connectivity index (χ2v) is 5.51. The molecule has 1 fully saturated rings. The average Bonchev–Trinajstić information content (AvgIpc) is 2.51. The zero-order valence-corrected chi connectivity index (χ0v) is 11.9. The lowest BCUT2D eigenvalue weighted by Gasteiger charge is -2.53. The van der Waals surface area contributed by atoms with Crippen molar-refractivity contribution in [2.45, 2.75) is 41.4 Å². The Hall–Kier alpha value is -1.66. The molecule has 26 heavy (non-hydrogen) atoms. The van der Waals surface area contributed by atoms with Crippen LogP contribution in [0.2, 0.25) is 0 Å². The van der Waals surface area contributed by atoms with Gasteiger partial charge in [-0.25, -0.2) is 8.78 Å². The number of halogens is 12. The molecule has 0 aliphatic heterocycles. The Morgan fingerprint density at radius 1 is 0.615 bits per heavy atom. The van der Waals surface area contributed by atoms with Crippen LogP contribution >= 0.6 is 0 Å². The van der Waals surface area contributed by atoms with E-state index in [1.807, 2.05) is 0 Å². The number of hydrogen-bond acceptors (Lipinski definition) is 1. The largest absolute Gasteiger partial charge is 0.384 e. The summed E-state index contributed by atoms with van der Waals surface area (Å²) in [6.45, 7) is 0. The highest BCUT2D eigenvalue weighted by atomic mass is 19.4. The molecular formula is C13H6F12O. The molecule has 1 atom stereocenters. The van der Waals surface area contributed by atoms with Crippen molar-refractivity contribution in [3.63, 3.8) is 0 Å². The van der Waals surface area contributed by atoms with Gasteiger partial charge in [0.1, 0.15) is 11.9 Å². The SMILES string of the molecule is OC(c1ccccc1F)C1(F)C(F)(F)C(F)(F)C(F)(F)C(F)(F)C1(F)F. The van der Waals surface area contributed by atoms with Gasteiger partial charge in [-0.1, -0.05) is 18.2 Å². The van der Waals surface area contributed by atoms with E-state index in [1.54, 1.807) is 0 Å². The summed E-state index contributed by atoms with van der Waals surface area (Å²) in [5, 5.41) is 9.40. The van der Waals surface area contributed by atoms with E-state index in [4.69, 9.17) is 0 Å². The average molecular weight is 406 g/mol. The lowest BCUT2D eigenvalue weighted by Crippen LogP contribution is -2.84. The molecule has 0 saturated heterocycles. The molecule has 1 N–H and O–H groups in total. The van der Waals surface area contributed by atoms with Gasteiger partial charge in [-0.2, -0.15) is 43.9 Å². The lowest BCUT2D eigenvalue weighted by molar-refractivity contribution is -0.494. The van der Waals surface area contributed by atoms with Crippen molar-refractivity contribution < 1.29 is 57.8 Å². The lowest BCUT2D eigenvalue weighted by atomic mass is 9.68. The monoisotopic (exact) mass is 406 g/mol. The van der Waals surface area contributed by atoms with Gasteiger partial charge in [0.25, 0.3) is 5.67 Å². The summed E-state index contributed by atoms with van der Waals surface area (Å²) in [4.78, 5) is 0. The van der Waals surface area contributed by atoms with Gasteiger partial charge in [0.05, 0.1) is 0 Å². The van der Waals surface area contributed by atoms with Crippen molar-refractivity contribution in [1.29, 1.82) is 0 Å².